The molecule has 0 aliphatic heterocycles. The fourth-order valence-corrected chi connectivity index (χ4v) is 5.25. The van der Waals surface area contributed by atoms with E-state index in [-0.39, 0.29) is 0 Å². The van der Waals surface area contributed by atoms with Crippen LogP contribution in [0.4, 0.5) is 0 Å². The topological polar surface area (TPSA) is 12.0 Å². The molecule has 1 heteroatoms. The summed E-state index contributed by atoms with van der Waals surface area (Å²) in [5.74, 6) is 5.90. The number of nitrogens with one attached hydrogen (secondary N) is 1. The van der Waals surface area contributed by atoms with Crippen LogP contribution in [0.1, 0.15) is 72.1 Å². The van der Waals surface area contributed by atoms with Crippen LogP contribution in [0.3, 0.4) is 0 Å². The van der Waals surface area contributed by atoms with Crippen LogP contribution in [-0.4, -0.2) is 13.6 Å². The lowest BCUT2D eigenvalue weighted by Gasteiger charge is -2.46. The van der Waals surface area contributed by atoms with E-state index in [4.69, 9.17) is 0 Å². The minimum absolute atomic E-state index is 0.886. The summed E-state index contributed by atoms with van der Waals surface area (Å²) in [6, 6.07) is 0. The molecule has 2 saturated carbocycles. The lowest BCUT2D eigenvalue weighted by molar-refractivity contribution is 0.0461. The average molecular weight is 280 g/mol. The van der Waals surface area contributed by atoms with E-state index in [1.807, 2.05) is 0 Å². The molecule has 5 unspecified atom stereocenters. The molecular formula is C19H37N. The van der Waals surface area contributed by atoms with Gasteiger partial charge in [-0.25, -0.2) is 0 Å². The van der Waals surface area contributed by atoms with E-state index in [2.05, 4.69) is 33.1 Å². The molecule has 20 heavy (non-hydrogen) atoms. The van der Waals surface area contributed by atoms with Crippen LogP contribution in [0.25, 0.3) is 0 Å². The third kappa shape index (κ3) is 3.78. The maximum atomic E-state index is 3.48. The SMILES string of the molecule is CCC1CCCCC1C1CC(C(C)C)CCC1CNC. The Labute approximate surface area is 127 Å². The van der Waals surface area contributed by atoms with Gasteiger partial charge in [-0.1, -0.05) is 46.5 Å². The molecule has 1 N–H and O–H groups in total. The Morgan fingerprint density at radius 1 is 0.950 bits per heavy atom. The van der Waals surface area contributed by atoms with E-state index in [1.165, 1.54) is 57.9 Å². The van der Waals surface area contributed by atoms with Gasteiger partial charge in [0.15, 0.2) is 0 Å². The first-order valence-corrected chi connectivity index (χ1v) is 9.31. The van der Waals surface area contributed by atoms with Crippen LogP contribution in [0, 0.1) is 35.5 Å². The first-order valence-electron chi connectivity index (χ1n) is 9.31. The molecule has 0 aromatic heterocycles. The Hall–Kier alpha value is -0.0400. The zero-order valence-corrected chi connectivity index (χ0v) is 14.3. The van der Waals surface area contributed by atoms with Crippen LogP contribution < -0.4 is 5.32 Å². The molecule has 5 atom stereocenters. The summed E-state index contributed by atoms with van der Waals surface area (Å²) in [6.07, 6.45) is 11.9. The van der Waals surface area contributed by atoms with E-state index in [9.17, 15) is 0 Å². The van der Waals surface area contributed by atoms with E-state index in [1.54, 1.807) is 0 Å². The van der Waals surface area contributed by atoms with Crippen molar-refractivity contribution in [1.29, 1.82) is 0 Å². The number of hydrogen-bond donors (Lipinski definition) is 1. The van der Waals surface area contributed by atoms with E-state index >= 15 is 0 Å². The highest BCUT2D eigenvalue weighted by Crippen LogP contribution is 2.47. The van der Waals surface area contributed by atoms with Crippen LogP contribution in [0.2, 0.25) is 0 Å². The molecule has 118 valence electrons. The van der Waals surface area contributed by atoms with Gasteiger partial charge in [-0.05, 0) is 74.8 Å². The maximum Gasteiger partial charge on any atom is -0.00208 e. The molecule has 0 saturated heterocycles. The van der Waals surface area contributed by atoms with Gasteiger partial charge in [0.25, 0.3) is 0 Å². The smallest absolute Gasteiger partial charge is 0.00208 e. The van der Waals surface area contributed by atoms with Crippen molar-refractivity contribution in [1.82, 2.24) is 5.32 Å². The molecule has 2 fully saturated rings. The zero-order chi connectivity index (χ0) is 14.5. The highest BCUT2D eigenvalue weighted by molar-refractivity contribution is 4.90. The van der Waals surface area contributed by atoms with Crippen molar-refractivity contribution >= 4 is 0 Å². The summed E-state index contributed by atoms with van der Waals surface area (Å²) in [4.78, 5) is 0. The van der Waals surface area contributed by atoms with Crippen molar-refractivity contribution in [2.75, 3.05) is 13.6 Å². The van der Waals surface area contributed by atoms with Crippen LogP contribution >= 0.6 is 0 Å². The van der Waals surface area contributed by atoms with Crippen molar-refractivity contribution in [2.24, 2.45) is 35.5 Å². The van der Waals surface area contributed by atoms with Gasteiger partial charge in [-0.2, -0.15) is 0 Å². The lowest BCUT2D eigenvalue weighted by Crippen LogP contribution is -2.40. The van der Waals surface area contributed by atoms with Gasteiger partial charge in [-0.15, -0.1) is 0 Å². The van der Waals surface area contributed by atoms with Crippen LogP contribution in [0.15, 0.2) is 0 Å². The van der Waals surface area contributed by atoms with Crippen molar-refractivity contribution in [3.8, 4) is 0 Å². The molecule has 0 aromatic rings. The Balaban J connectivity index is 2.08. The molecular weight excluding hydrogens is 242 g/mol. The highest BCUT2D eigenvalue weighted by Gasteiger charge is 2.39. The van der Waals surface area contributed by atoms with Crippen molar-refractivity contribution in [2.45, 2.75) is 72.1 Å². The van der Waals surface area contributed by atoms with E-state index in [0.717, 1.165) is 35.5 Å². The fourth-order valence-electron chi connectivity index (χ4n) is 5.25. The van der Waals surface area contributed by atoms with Gasteiger partial charge in [0.05, 0.1) is 0 Å². The first kappa shape index (κ1) is 16.3. The molecule has 2 rings (SSSR count). The Bertz CT molecular complexity index is 273. The van der Waals surface area contributed by atoms with Crippen LogP contribution in [0.5, 0.6) is 0 Å². The molecule has 0 amide bonds. The van der Waals surface area contributed by atoms with Gasteiger partial charge in [0, 0.05) is 0 Å². The average Bonchev–Trinajstić information content (AvgIpc) is 2.47. The lowest BCUT2D eigenvalue weighted by atomic mass is 9.60. The molecule has 2 aliphatic rings. The molecule has 0 bridgehead atoms. The Morgan fingerprint density at radius 3 is 2.35 bits per heavy atom. The first-order chi connectivity index (χ1) is 9.67. The minimum atomic E-state index is 0.886. The fraction of sp³-hybridized carbons (Fsp3) is 1.00. The van der Waals surface area contributed by atoms with Crippen molar-refractivity contribution in [3.05, 3.63) is 0 Å². The van der Waals surface area contributed by atoms with Gasteiger partial charge < -0.3 is 5.32 Å². The second kappa shape index (κ2) is 7.82. The molecule has 0 spiro atoms. The zero-order valence-electron chi connectivity index (χ0n) is 14.3. The second-order valence-electron chi connectivity index (χ2n) is 7.92. The molecule has 1 nitrogen and oxygen atoms in total. The molecule has 0 aromatic carbocycles. The van der Waals surface area contributed by atoms with Crippen molar-refractivity contribution < 1.29 is 0 Å². The second-order valence-corrected chi connectivity index (χ2v) is 7.92. The van der Waals surface area contributed by atoms with E-state index < -0.39 is 0 Å². The number of hydrogen-bond acceptors (Lipinski definition) is 1. The Kier molecular flexibility index (Phi) is 6.39. The summed E-state index contributed by atoms with van der Waals surface area (Å²) < 4.78 is 0. The molecule has 0 radical (unpaired) electrons. The summed E-state index contributed by atoms with van der Waals surface area (Å²) in [6.45, 7) is 8.57. The third-order valence-electron chi connectivity index (χ3n) is 6.54. The minimum Gasteiger partial charge on any atom is -0.319 e. The molecule has 0 heterocycles. The predicted molar refractivity (Wildman–Crippen MR) is 88.8 cm³/mol. The number of rotatable bonds is 5. The normalized spacial score (nSPS) is 39.1. The summed E-state index contributed by atoms with van der Waals surface area (Å²) in [7, 11) is 2.14. The quantitative estimate of drug-likeness (QED) is 0.737. The van der Waals surface area contributed by atoms with Crippen molar-refractivity contribution in [3.63, 3.8) is 0 Å². The van der Waals surface area contributed by atoms with Gasteiger partial charge >= 0.3 is 0 Å². The maximum absolute atomic E-state index is 3.48. The standard InChI is InChI=1S/C19H37N/c1-5-15-8-6-7-9-18(15)19-12-16(14(2)3)10-11-17(19)13-20-4/h14-20H,5-13H2,1-4H3. The Morgan fingerprint density at radius 2 is 1.70 bits per heavy atom. The monoisotopic (exact) mass is 279 g/mol. The molecule has 2 aliphatic carbocycles. The highest BCUT2D eigenvalue weighted by atomic mass is 14.8. The summed E-state index contributed by atoms with van der Waals surface area (Å²) in [5, 5.41) is 3.48. The van der Waals surface area contributed by atoms with Gasteiger partial charge in [0.2, 0.25) is 0 Å². The largest absolute Gasteiger partial charge is 0.319 e. The predicted octanol–water partition coefficient (Wildman–Crippen LogP) is 5.11. The van der Waals surface area contributed by atoms with Gasteiger partial charge in [0.1, 0.15) is 0 Å². The van der Waals surface area contributed by atoms with Crippen LogP contribution in [-0.2, 0) is 0 Å². The van der Waals surface area contributed by atoms with E-state index in [0.29, 0.717) is 0 Å². The third-order valence-corrected chi connectivity index (χ3v) is 6.54. The summed E-state index contributed by atoms with van der Waals surface area (Å²) in [5.41, 5.74) is 0. The van der Waals surface area contributed by atoms with Gasteiger partial charge in [-0.3, -0.25) is 0 Å². The summed E-state index contributed by atoms with van der Waals surface area (Å²) >= 11 is 0.